The molecule has 3 N–H and O–H groups in total. The first kappa shape index (κ1) is 9.87. The molecule has 2 aliphatic rings. The second-order valence-electron chi connectivity index (χ2n) is 5.23. The maximum atomic E-state index is 5.80. The SMILES string of the molecule is CC1CC(Nc2cc(N)nc(C3CC3)n2)C1. The largest absolute Gasteiger partial charge is 0.384 e. The van der Waals surface area contributed by atoms with Crippen molar-refractivity contribution in [1.82, 2.24) is 9.97 Å². The van der Waals surface area contributed by atoms with Gasteiger partial charge in [-0.25, -0.2) is 9.97 Å². The second-order valence-corrected chi connectivity index (χ2v) is 5.23. The first-order valence-corrected chi connectivity index (χ1v) is 6.11. The molecule has 0 saturated heterocycles. The van der Waals surface area contributed by atoms with Gasteiger partial charge in [0.25, 0.3) is 0 Å². The lowest BCUT2D eigenvalue weighted by Crippen LogP contribution is -2.34. The second kappa shape index (κ2) is 3.61. The van der Waals surface area contributed by atoms with Crippen molar-refractivity contribution in [3.05, 3.63) is 11.9 Å². The van der Waals surface area contributed by atoms with Crippen LogP contribution >= 0.6 is 0 Å². The van der Waals surface area contributed by atoms with Crippen LogP contribution in [0.25, 0.3) is 0 Å². The molecule has 0 aliphatic heterocycles. The van der Waals surface area contributed by atoms with Crippen LogP contribution < -0.4 is 11.1 Å². The molecule has 0 atom stereocenters. The molecule has 2 saturated carbocycles. The molecule has 0 spiro atoms. The molecule has 0 bridgehead atoms. The van der Waals surface area contributed by atoms with E-state index in [1.807, 2.05) is 6.07 Å². The van der Waals surface area contributed by atoms with Gasteiger partial charge in [0.1, 0.15) is 17.5 Å². The van der Waals surface area contributed by atoms with E-state index in [9.17, 15) is 0 Å². The summed E-state index contributed by atoms with van der Waals surface area (Å²) in [5, 5.41) is 3.44. The van der Waals surface area contributed by atoms with Gasteiger partial charge in [-0.15, -0.1) is 0 Å². The predicted octanol–water partition coefficient (Wildman–Crippen LogP) is 2.15. The van der Waals surface area contributed by atoms with Crippen LogP contribution in [-0.2, 0) is 0 Å². The summed E-state index contributed by atoms with van der Waals surface area (Å²) in [5.41, 5.74) is 5.80. The molecule has 0 amide bonds. The van der Waals surface area contributed by atoms with E-state index >= 15 is 0 Å². The van der Waals surface area contributed by atoms with Gasteiger partial charge in [-0.05, 0) is 31.6 Å². The van der Waals surface area contributed by atoms with Gasteiger partial charge in [0, 0.05) is 18.0 Å². The molecule has 1 heterocycles. The molecular formula is C12H18N4. The Kier molecular flexibility index (Phi) is 2.23. The fourth-order valence-electron chi connectivity index (χ4n) is 2.31. The molecule has 0 aromatic carbocycles. The van der Waals surface area contributed by atoms with Gasteiger partial charge < -0.3 is 11.1 Å². The van der Waals surface area contributed by atoms with Crippen molar-refractivity contribution in [2.75, 3.05) is 11.1 Å². The molecule has 0 radical (unpaired) electrons. The van der Waals surface area contributed by atoms with Crippen molar-refractivity contribution >= 4 is 11.6 Å². The van der Waals surface area contributed by atoms with E-state index in [0.717, 1.165) is 17.6 Å². The number of hydrogen-bond acceptors (Lipinski definition) is 4. The molecule has 0 unspecified atom stereocenters. The van der Waals surface area contributed by atoms with E-state index in [0.29, 0.717) is 17.8 Å². The van der Waals surface area contributed by atoms with E-state index in [1.165, 1.54) is 25.7 Å². The van der Waals surface area contributed by atoms with Crippen LogP contribution in [0.5, 0.6) is 0 Å². The van der Waals surface area contributed by atoms with Gasteiger partial charge >= 0.3 is 0 Å². The van der Waals surface area contributed by atoms with Crippen molar-refractivity contribution in [2.24, 2.45) is 5.92 Å². The highest BCUT2D eigenvalue weighted by Crippen LogP contribution is 2.39. The Morgan fingerprint density at radius 2 is 2.06 bits per heavy atom. The Morgan fingerprint density at radius 1 is 1.31 bits per heavy atom. The Hall–Kier alpha value is -1.32. The summed E-state index contributed by atoms with van der Waals surface area (Å²) in [4.78, 5) is 8.83. The van der Waals surface area contributed by atoms with Gasteiger partial charge in [-0.3, -0.25) is 0 Å². The molecule has 16 heavy (non-hydrogen) atoms. The first-order valence-electron chi connectivity index (χ1n) is 6.11. The number of hydrogen-bond donors (Lipinski definition) is 2. The van der Waals surface area contributed by atoms with Crippen LogP contribution in [0.15, 0.2) is 6.07 Å². The number of nitrogen functional groups attached to an aromatic ring is 1. The first-order chi connectivity index (χ1) is 7.70. The lowest BCUT2D eigenvalue weighted by atomic mass is 9.82. The molecule has 2 fully saturated rings. The lowest BCUT2D eigenvalue weighted by molar-refractivity contribution is 0.308. The Bertz CT molecular complexity index is 394. The molecule has 1 aromatic rings. The van der Waals surface area contributed by atoms with Crippen LogP contribution in [0, 0.1) is 5.92 Å². The van der Waals surface area contributed by atoms with Crippen molar-refractivity contribution in [1.29, 1.82) is 0 Å². The zero-order valence-corrected chi connectivity index (χ0v) is 9.61. The number of nitrogens with two attached hydrogens (primary N) is 1. The third-order valence-electron chi connectivity index (χ3n) is 3.43. The maximum Gasteiger partial charge on any atom is 0.136 e. The molecule has 4 nitrogen and oxygen atoms in total. The van der Waals surface area contributed by atoms with Crippen molar-refractivity contribution in [3.63, 3.8) is 0 Å². The average Bonchev–Trinajstić information content (AvgIpc) is 2.97. The van der Waals surface area contributed by atoms with Gasteiger partial charge in [-0.2, -0.15) is 0 Å². The van der Waals surface area contributed by atoms with Crippen molar-refractivity contribution < 1.29 is 0 Å². The fourth-order valence-corrected chi connectivity index (χ4v) is 2.31. The highest BCUT2D eigenvalue weighted by molar-refractivity contribution is 5.46. The van der Waals surface area contributed by atoms with Gasteiger partial charge in [0.15, 0.2) is 0 Å². The molecule has 86 valence electrons. The topological polar surface area (TPSA) is 63.8 Å². The quantitative estimate of drug-likeness (QED) is 0.816. The summed E-state index contributed by atoms with van der Waals surface area (Å²) in [5.74, 6) is 3.83. The van der Waals surface area contributed by atoms with Crippen LogP contribution in [0.1, 0.15) is 44.3 Å². The number of nitrogens with one attached hydrogen (secondary N) is 1. The van der Waals surface area contributed by atoms with Crippen LogP contribution in [-0.4, -0.2) is 16.0 Å². The standard InChI is InChI=1S/C12H18N4/c1-7-4-9(5-7)14-11-6-10(13)15-12(16-11)8-2-3-8/h6-9H,2-5H2,1H3,(H3,13,14,15,16). The number of aromatic nitrogens is 2. The van der Waals surface area contributed by atoms with Crippen LogP contribution in [0.2, 0.25) is 0 Å². The lowest BCUT2D eigenvalue weighted by Gasteiger charge is -2.33. The molecule has 1 aromatic heterocycles. The summed E-state index contributed by atoms with van der Waals surface area (Å²) < 4.78 is 0. The average molecular weight is 218 g/mol. The summed E-state index contributed by atoms with van der Waals surface area (Å²) in [7, 11) is 0. The maximum absolute atomic E-state index is 5.80. The minimum atomic E-state index is 0.560. The minimum Gasteiger partial charge on any atom is -0.384 e. The van der Waals surface area contributed by atoms with E-state index in [1.54, 1.807) is 0 Å². The summed E-state index contributed by atoms with van der Waals surface area (Å²) in [6, 6.07) is 2.42. The van der Waals surface area contributed by atoms with Crippen molar-refractivity contribution in [2.45, 2.75) is 44.6 Å². The predicted molar refractivity (Wildman–Crippen MR) is 64.2 cm³/mol. The minimum absolute atomic E-state index is 0.560. The summed E-state index contributed by atoms with van der Waals surface area (Å²) in [6.45, 7) is 2.28. The fraction of sp³-hybridized carbons (Fsp3) is 0.667. The number of nitrogens with zero attached hydrogens (tertiary/aromatic N) is 2. The summed E-state index contributed by atoms with van der Waals surface area (Å²) in [6.07, 6.45) is 4.90. The van der Waals surface area contributed by atoms with Crippen LogP contribution in [0.4, 0.5) is 11.6 Å². The van der Waals surface area contributed by atoms with Gasteiger partial charge in [0.2, 0.25) is 0 Å². The number of anilines is 2. The molecular weight excluding hydrogens is 200 g/mol. The molecule has 3 rings (SSSR count). The molecule has 2 aliphatic carbocycles. The zero-order chi connectivity index (χ0) is 11.1. The Morgan fingerprint density at radius 3 is 2.69 bits per heavy atom. The third-order valence-corrected chi connectivity index (χ3v) is 3.43. The monoisotopic (exact) mass is 218 g/mol. The van der Waals surface area contributed by atoms with Crippen LogP contribution in [0.3, 0.4) is 0 Å². The highest BCUT2D eigenvalue weighted by Gasteiger charge is 2.28. The van der Waals surface area contributed by atoms with E-state index in [-0.39, 0.29) is 0 Å². The van der Waals surface area contributed by atoms with Gasteiger partial charge in [0.05, 0.1) is 0 Å². The summed E-state index contributed by atoms with van der Waals surface area (Å²) >= 11 is 0. The zero-order valence-electron chi connectivity index (χ0n) is 9.61. The smallest absolute Gasteiger partial charge is 0.136 e. The van der Waals surface area contributed by atoms with Crippen molar-refractivity contribution in [3.8, 4) is 0 Å². The Balaban J connectivity index is 1.73. The normalized spacial score (nSPS) is 28.6. The Labute approximate surface area is 95.7 Å². The van der Waals surface area contributed by atoms with Gasteiger partial charge in [-0.1, -0.05) is 6.92 Å². The van der Waals surface area contributed by atoms with E-state index in [4.69, 9.17) is 5.73 Å². The van der Waals surface area contributed by atoms with E-state index < -0.39 is 0 Å². The molecule has 4 heteroatoms. The number of rotatable bonds is 3. The van der Waals surface area contributed by atoms with E-state index in [2.05, 4.69) is 22.2 Å². The third kappa shape index (κ3) is 1.96. The highest BCUT2D eigenvalue weighted by atomic mass is 15.1.